The van der Waals surface area contributed by atoms with Crippen LogP contribution in [0.1, 0.15) is 6.92 Å². The number of nitrogens with one attached hydrogen (secondary N) is 2. The summed E-state index contributed by atoms with van der Waals surface area (Å²) in [6, 6.07) is 15.2. The first-order valence-corrected chi connectivity index (χ1v) is 6.66. The van der Waals surface area contributed by atoms with Gasteiger partial charge in [-0.3, -0.25) is 4.79 Å². The van der Waals surface area contributed by atoms with Gasteiger partial charge in [0, 0.05) is 5.69 Å². The van der Waals surface area contributed by atoms with Crippen LogP contribution in [-0.4, -0.2) is 13.0 Å². The molecule has 108 valence electrons. The van der Waals surface area contributed by atoms with E-state index >= 15 is 0 Å². The lowest BCUT2D eigenvalue weighted by molar-refractivity contribution is -0.111. The molecule has 21 heavy (non-hydrogen) atoms. The molecule has 0 fully saturated rings. The van der Waals surface area contributed by atoms with Gasteiger partial charge in [-0.25, -0.2) is 0 Å². The first kappa shape index (κ1) is 14.7. The molecule has 2 N–H and O–H groups in total. The molecule has 0 spiro atoms. The van der Waals surface area contributed by atoms with Gasteiger partial charge in [0.05, 0.1) is 18.5 Å². The number of para-hydroxylation sites is 2. The highest BCUT2D eigenvalue weighted by Crippen LogP contribution is 2.26. The van der Waals surface area contributed by atoms with Crippen molar-refractivity contribution in [1.82, 2.24) is 0 Å². The molecule has 2 rings (SSSR count). The molecule has 0 aliphatic heterocycles. The van der Waals surface area contributed by atoms with Gasteiger partial charge in [0.15, 0.2) is 0 Å². The Morgan fingerprint density at radius 2 is 1.71 bits per heavy atom. The minimum absolute atomic E-state index is 0.151. The number of carbonyl (C=O) groups is 1. The Bertz CT molecular complexity index is 633. The highest BCUT2D eigenvalue weighted by Gasteiger charge is 2.04. The van der Waals surface area contributed by atoms with Gasteiger partial charge in [0.25, 0.3) is 0 Å². The first-order chi connectivity index (χ1) is 10.2. The molecule has 2 aromatic rings. The fourth-order valence-corrected chi connectivity index (χ4v) is 1.86. The number of methoxy groups -OCH3 is 1. The number of allylic oxidation sites excluding steroid dienone is 1. The molecule has 4 nitrogen and oxygen atoms in total. The van der Waals surface area contributed by atoms with E-state index in [0.717, 1.165) is 22.8 Å². The summed E-state index contributed by atoms with van der Waals surface area (Å²) in [7, 11) is 1.63. The molecule has 0 aromatic heterocycles. The fraction of sp³-hybridized carbons (Fsp3) is 0.118. The summed E-state index contributed by atoms with van der Waals surface area (Å²) in [6.07, 6.45) is 3.19. The van der Waals surface area contributed by atoms with E-state index in [0.29, 0.717) is 0 Å². The summed E-state index contributed by atoms with van der Waals surface area (Å²) < 4.78 is 5.13. The van der Waals surface area contributed by atoms with Gasteiger partial charge in [0.2, 0.25) is 5.91 Å². The van der Waals surface area contributed by atoms with Gasteiger partial charge in [-0.2, -0.15) is 0 Å². The van der Waals surface area contributed by atoms with Gasteiger partial charge >= 0.3 is 0 Å². The normalized spacial score (nSPS) is 10.4. The minimum Gasteiger partial charge on any atom is -0.497 e. The standard InChI is InChI=1S/C17H18N2O2/c1-3-6-17(20)19-16-8-5-4-7-15(16)18-13-9-11-14(21-2)12-10-13/h3-12,18H,1-2H3,(H,19,20). The second kappa shape index (κ2) is 7.14. The molecular weight excluding hydrogens is 264 g/mol. The lowest BCUT2D eigenvalue weighted by Gasteiger charge is -2.12. The number of ether oxygens (including phenoxy) is 1. The third-order valence-electron chi connectivity index (χ3n) is 2.87. The number of hydrogen-bond donors (Lipinski definition) is 2. The maximum Gasteiger partial charge on any atom is 0.248 e. The van der Waals surface area contributed by atoms with Crippen molar-refractivity contribution in [3.8, 4) is 5.75 Å². The molecule has 0 saturated heterocycles. The van der Waals surface area contributed by atoms with Crippen LogP contribution in [0.3, 0.4) is 0 Å². The van der Waals surface area contributed by atoms with E-state index in [1.165, 1.54) is 6.08 Å². The number of carbonyl (C=O) groups excluding carboxylic acids is 1. The maximum atomic E-state index is 11.7. The van der Waals surface area contributed by atoms with E-state index in [2.05, 4.69) is 10.6 Å². The van der Waals surface area contributed by atoms with Gasteiger partial charge in [0.1, 0.15) is 5.75 Å². The van der Waals surface area contributed by atoms with Crippen molar-refractivity contribution < 1.29 is 9.53 Å². The molecule has 0 saturated carbocycles. The smallest absolute Gasteiger partial charge is 0.248 e. The zero-order chi connectivity index (χ0) is 15.1. The van der Waals surface area contributed by atoms with E-state index < -0.39 is 0 Å². The Morgan fingerprint density at radius 1 is 1.05 bits per heavy atom. The Kier molecular flexibility index (Phi) is 4.99. The molecule has 0 unspecified atom stereocenters. The van der Waals surface area contributed by atoms with E-state index in [9.17, 15) is 4.79 Å². The topological polar surface area (TPSA) is 50.4 Å². The highest BCUT2D eigenvalue weighted by atomic mass is 16.5. The van der Waals surface area contributed by atoms with Crippen LogP contribution in [0.25, 0.3) is 0 Å². The first-order valence-electron chi connectivity index (χ1n) is 6.66. The quantitative estimate of drug-likeness (QED) is 0.816. The Hall–Kier alpha value is -2.75. The summed E-state index contributed by atoms with van der Waals surface area (Å²) in [5.41, 5.74) is 2.49. The molecule has 0 bridgehead atoms. The summed E-state index contributed by atoms with van der Waals surface area (Å²) >= 11 is 0. The van der Waals surface area contributed by atoms with E-state index in [1.807, 2.05) is 48.5 Å². The Labute approximate surface area is 124 Å². The van der Waals surface area contributed by atoms with Crippen molar-refractivity contribution in [2.24, 2.45) is 0 Å². The van der Waals surface area contributed by atoms with Crippen LogP contribution in [-0.2, 0) is 4.79 Å². The molecule has 1 amide bonds. The number of hydrogen-bond acceptors (Lipinski definition) is 3. The van der Waals surface area contributed by atoms with Crippen molar-refractivity contribution in [1.29, 1.82) is 0 Å². The second-order valence-corrected chi connectivity index (χ2v) is 4.39. The second-order valence-electron chi connectivity index (χ2n) is 4.39. The number of anilines is 3. The summed E-state index contributed by atoms with van der Waals surface area (Å²) in [5.74, 6) is 0.650. The van der Waals surface area contributed by atoms with Crippen LogP contribution in [0.2, 0.25) is 0 Å². The maximum absolute atomic E-state index is 11.7. The number of amides is 1. The molecule has 0 heterocycles. The molecule has 0 atom stereocenters. The predicted octanol–water partition coefficient (Wildman–Crippen LogP) is 3.95. The summed E-state index contributed by atoms with van der Waals surface area (Å²) in [6.45, 7) is 1.81. The average Bonchev–Trinajstić information content (AvgIpc) is 2.50. The summed E-state index contributed by atoms with van der Waals surface area (Å²) in [5, 5.41) is 6.12. The Morgan fingerprint density at radius 3 is 2.33 bits per heavy atom. The van der Waals surface area contributed by atoms with Gasteiger partial charge in [-0.1, -0.05) is 18.2 Å². The Balaban J connectivity index is 2.17. The fourth-order valence-electron chi connectivity index (χ4n) is 1.86. The van der Waals surface area contributed by atoms with Crippen LogP contribution < -0.4 is 15.4 Å². The number of rotatable bonds is 5. The van der Waals surface area contributed by atoms with Crippen LogP contribution in [0.4, 0.5) is 17.1 Å². The molecule has 2 aromatic carbocycles. The van der Waals surface area contributed by atoms with Gasteiger partial charge in [-0.05, 0) is 49.4 Å². The largest absolute Gasteiger partial charge is 0.497 e. The van der Waals surface area contributed by atoms with Gasteiger partial charge in [-0.15, -0.1) is 0 Å². The van der Waals surface area contributed by atoms with E-state index in [4.69, 9.17) is 4.74 Å². The molecule has 4 heteroatoms. The van der Waals surface area contributed by atoms with Crippen molar-refractivity contribution >= 4 is 23.0 Å². The lowest BCUT2D eigenvalue weighted by atomic mass is 10.2. The molecular formula is C17H18N2O2. The molecule has 0 radical (unpaired) electrons. The van der Waals surface area contributed by atoms with E-state index in [1.54, 1.807) is 20.1 Å². The van der Waals surface area contributed by atoms with Crippen molar-refractivity contribution in [2.75, 3.05) is 17.7 Å². The lowest BCUT2D eigenvalue weighted by Crippen LogP contribution is -2.09. The molecule has 0 aliphatic carbocycles. The van der Waals surface area contributed by atoms with Crippen molar-refractivity contribution in [3.05, 3.63) is 60.7 Å². The van der Waals surface area contributed by atoms with Crippen LogP contribution >= 0.6 is 0 Å². The zero-order valence-corrected chi connectivity index (χ0v) is 12.1. The van der Waals surface area contributed by atoms with Crippen LogP contribution in [0, 0.1) is 0 Å². The third-order valence-corrected chi connectivity index (χ3v) is 2.87. The monoisotopic (exact) mass is 282 g/mol. The predicted molar refractivity (Wildman–Crippen MR) is 86.2 cm³/mol. The summed E-state index contributed by atoms with van der Waals surface area (Å²) in [4.78, 5) is 11.7. The zero-order valence-electron chi connectivity index (χ0n) is 12.1. The van der Waals surface area contributed by atoms with Gasteiger partial charge < -0.3 is 15.4 Å². The number of benzene rings is 2. The highest BCUT2D eigenvalue weighted by molar-refractivity contribution is 6.01. The van der Waals surface area contributed by atoms with Crippen LogP contribution in [0.15, 0.2) is 60.7 Å². The average molecular weight is 282 g/mol. The van der Waals surface area contributed by atoms with Crippen molar-refractivity contribution in [3.63, 3.8) is 0 Å². The third kappa shape index (κ3) is 4.11. The molecule has 0 aliphatic rings. The van der Waals surface area contributed by atoms with Crippen LogP contribution in [0.5, 0.6) is 5.75 Å². The SMILES string of the molecule is CC=CC(=O)Nc1ccccc1Nc1ccc(OC)cc1. The van der Waals surface area contributed by atoms with Crippen molar-refractivity contribution in [2.45, 2.75) is 6.92 Å². The minimum atomic E-state index is -0.151. The van der Waals surface area contributed by atoms with E-state index in [-0.39, 0.29) is 5.91 Å².